The number of halogens is 3. The summed E-state index contributed by atoms with van der Waals surface area (Å²) in [5, 5.41) is 8.39. The van der Waals surface area contributed by atoms with Gasteiger partial charge in [0.1, 0.15) is 11.4 Å². The minimum atomic E-state index is -1.89. The summed E-state index contributed by atoms with van der Waals surface area (Å²) in [4.78, 5) is 14.4. The number of carbonyl (C=O) groups is 1. The van der Waals surface area contributed by atoms with E-state index in [4.69, 9.17) is 5.11 Å². The molecule has 1 rings (SSSR count). The zero-order valence-corrected chi connectivity index (χ0v) is 7.26. The minimum Gasteiger partial charge on any atom is -0.477 e. The second kappa shape index (κ2) is 4.28. The lowest BCUT2D eigenvalue weighted by atomic mass is 10.1. The predicted octanol–water partition coefficient (Wildman–Crippen LogP) is 1.19. The maximum Gasteiger partial charge on any atom is 0.341 e. The van der Waals surface area contributed by atoms with Crippen molar-refractivity contribution in [2.24, 2.45) is 5.90 Å². The zero-order chi connectivity index (χ0) is 11.6. The largest absolute Gasteiger partial charge is 0.477 e. The summed E-state index contributed by atoms with van der Waals surface area (Å²) in [6.07, 6.45) is 0. The molecule has 3 N–H and O–H groups in total. The fraction of sp³-hybridized carbons (Fsp3) is 0.125. The third-order valence-electron chi connectivity index (χ3n) is 1.69. The smallest absolute Gasteiger partial charge is 0.341 e. The van der Waals surface area contributed by atoms with E-state index < -0.39 is 41.2 Å². The van der Waals surface area contributed by atoms with Crippen molar-refractivity contribution in [1.29, 1.82) is 0 Å². The van der Waals surface area contributed by atoms with Crippen molar-refractivity contribution in [3.05, 3.63) is 34.6 Å². The molecule has 0 fully saturated rings. The van der Waals surface area contributed by atoms with E-state index in [-0.39, 0.29) is 0 Å². The van der Waals surface area contributed by atoms with Gasteiger partial charge in [0, 0.05) is 5.56 Å². The Bertz CT molecular complexity index is 409. The number of benzene rings is 1. The van der Waals surface area contributed by atoms with Gasteiger partial charge >= 0.3 is 5.97 Å². The maximum atomic E-state index is 13.0. The molecule has 1 aromatic carbocycles. The summed E-state index contributed by atoms with van der Waals surface area (Å²) in [6, 6.07) is 0.523. The fourth-order valence-corrected chi connectivity index (χ4v) is 1.03. The normalized spacial score (nSPS) is 10.4. The third kappa shape index (κ3) is 2.08. The van der Waals surface area contributed by atoms with Crippen LogP contribution in [0.3, 0.4) is 0 Å². The van der Waals surface area contributed by atoms with E-state index in [2.05, 4.69) is 10.7 Å². The summed E-state index contributed by atoms with van der Waals surface area (Å²) in [6.45, 7) is -0.556. The molecule has 0 aliphatic heterocycles. The van der Waals surface area contributed by atoms with E-state index in [9.17, 15) is 18.0 Å². The molecule has 0 aromatic heterocycles. The Labute approximate surface area is 82.0 Å². The SMILES string of the molecule is NOCc1cc(F)c(C(=O)O)c(F)c1F. The Morgan fingerprint density at radius 1 is 1.40 bits per heavy atom. The lowest BCUT2D eigenvalue weighted by Crippen LogP contribution is -2.11. The second-order valence-electron chi connectivity index (χ2n) is 2.64. The number of carboxylic acid groups (broad SMARTS) is 1. The van der Waals surface area contributed by atoms with Crippen molar-refractivity contribution in [1.82, 2.24) is 0 Å². The number of carboxylic acids is 1. The summed E-state index contributed by atoms with van der Waals surface area (Å²) >= 11 is 0. The van der Waals surface area contributed by atoms with Crippen molar-refractivity contribution in [2.75, 3.05) is 0 Å². The Kier molecular flexibility index (Phi) is 3.28. The zero-order valence-electron chi connectivity index (χ0n) is 7.26. The fourth-order valence-electron chi connectivity index (χ4n) is 1.03. The molecular weight excluding hydrogens is 215 g/mol. The molecule has 0 amide bonds. The molecule has 0 atom stereocenters. The van der Waals surface area contributed by atoms with Gasteiger partial charge in [-0.25, -0.2) is 23.9 Å². The molecule has 0 spiro atoms. The van der Waals surface area contributed by atoms with E-state index in [1.165, 1.54) is 0 Å². The van der Waals surface area contributed by atoms with Gasteiger partial charge in [-0.3, -0.25) is 4.84 Å². The van der Waals surface area contributed by atoms with Gasteiger partial charge in [0.05, 0.1) is 6.61 Å². The van der Waals surface area contributed by atoms with Gasteiger partial charge in [-0.15, -0.1) is 0 Å². The molecule has 4 nitrogen and oxygen atoms in total. The monoisotopic (exact) mass is 221 g/mol. The molecule has 0 aliphatic rings. The average molecular weight is 221 g/mol. The molecule has 1 aromatic rings. The van der Waals surface area contributed by atoms with Gasteiger partial charge in [-0.1, -0.05) is 0 Å². The second-order valence-corrected chi connectivity index (χ2v) is 2.64. The van der Waals surface area contributed by atoms with Gasteiger partial charge in [0.2, 0.25) is 0 Å². The molecule has 82 valence electrons. The molecule has 7 heteroatoms. The maximum absolute atomic E-state index is 13.0. The molecule has 0 aliphatic carbocycles. The number of hydrogen-bond donors (Lipinski definition) is 2. The van der Waals surface area contributed by atoms with Crippen molar-refractivity contribution in [3.8, 4) is 0 Å². The summed E-state index contributed by atoms with van der Waals surface area (Å²) in [5.41, 5.74) is -1.83. The van der Waals surface area contributed by atoms with Crippen LogP contribution in [0, 0.1) is 17.5 Å². The first-order chi connectivity index (χ1) is 6.99. The van der Waals surface area contributed by atoms with Crippen LogP contribution in [0.15, 0.2) is 6.07 Å². The van der Waals surface area contributed by atoms with Crippen LogP contribution in [0.4, 0.5) is 13.2 Å². The van der Waals surface area contributed by atoms with Gasteiger partial charge < -0.3 is 5.11 Å². The lowest BCUT2D eigenvalue weighted by molar-refractivity contribution is 0.0684. The Balaban J connectivity index is 3.37. The molecule has 0 unspecified atom stereocenters. The van der Waals surface area contributed by atoms with Gasteiger partial charge in [-0.05, 0) is 6.07 Å². The summed E-state index contributed by atoms with van der Waals surface area (Å²) in [5.74, 6) is -1.92. The number of hydrogen-bond acceptors (Lipinski definition) is 3. The molecule has 0 saturated heterocycles. The molecule has 0 saturated carbocycles. The van der Waals surface area contributed by atoms with Crippen LogP contribution in [0.5, 0.6) is 0 Å². The minimum absolute atomic E-state index is 0.488. The summed E-state index contributed by atoms with van der Waals surface area (Å²) in [7, 11) is 0. The number of rotatable bonds is 3. The van der Waals surface area contributed by atoms with Crippen molar-refractivity contribution in [3.63, 3.8) is 0 Å². The standard InChI is InChI=1S/C8H6F3NO3/c9-4-1-3(2-15-12)6(10)7(11)5(4)8(13)14/h1H,2,12H2,(H,13,14). The van der Waals surface area contributed by atoms with Crippen LogP contribution in [-0.4, -0.2) is 11.1 Å². The first kappa shape index (κ1) is 11.5. The van der Waals surface area contributed by atoms with Crippen LogP contribution in [0.2, 0.25) is 0 Å². The highest BCUT2D eigenvalue weighted by molar-refractivity contribution is 5.88. The Hall–Kier alpha value is -1.60. The van der Waals surface area contributed by atoms with Gasteiger partial charge in [0.15, 0.2) is 11.6 Å². The molecule has 0 heterocycles. The quantitative estimate of drug-likeness (QED) is 0.594. The van der Waals surface area contributed by atoms with Crippen LogP contribution in [0.25, 0.3) is 0 Å². The predicted molar refractivity (Wildman–Crippen MR) is 42.3 cm³/mol. The highest BCUT2D eigenvalue weighted by Gasteiger charge is 2.23. The van der Waals surface area contributed by atoms with Crippen molar-refractivity contribution < 1.29 is 27.9 Å². The van der Waals surface area contributed by atoms with Crippen LogP contribution < -0.4 is 5.90 Å². The number of nitrogens with two attached hydrogens (primary N) is 1. The Morgan fingerprint density at radius 3 is 2.47 bits per heavy atom. The first-order valence-electron chi connectivity index (χ1n) is 3.70. The van der Waals surface area contributed by atoms with E-state index in [1.807, 2.05) is 0 Å². The molecule has 0 bridgehead atoms. The topological polar surface area (TPSA) is 72.5 Å². The van der Waals surface area contributed by atoms with Crippen LogP contribution in [-0.2, 0) is 11.4 Å². The first-order valence-corrected chi connectivity index (χ1v) is 3.70. The highest BCUT2D eigenvalue weighted by Crippen LogP contribution is 2.20. The van der Waals surface area contributed by atoms with E-state index in [1.54, 1.807) is 0 Å². The van der Waals surface area contributed by atoms with E-state index in [0.717, 1.165) is 0 Å². The molecule has 15 heavy (non-hydrogen) atoms. The number of aromatic carboxylic acids is 1. The van der Waals surface area contributed by atoms with Gasteiger partial charge in [0.25, 0.3) is 0 Å². The van der Waals surface area contributed by atoms with Crippen LogP contribution >= 0.6 is 0 Å². The van der Waals surface area contributed by atoms with Crippen LogP contribution in [0.1, 0.15) is 15.9 Å². The third-order valence-corrected chi connectivity index (χ3v) is 1.69. The molecule has 0 radical (unpaired) electrons. The summed E-state index contributed by atoms with van der Waals surface area (Å²) < 4.78 is 39.0. The average Bonchev–Trinajstić information content (AvgIpc) is 2.13. The Morgan fingerprint density at radius 2 is 2.00 bits per heavy atom. The van der Waals surface area contributed by atoms with Gasteiger partial charge in [-0.2, -0.15) is 0 Å². The van der Waals surface area contributed by atoms with E-state index in [0.29, 0.717) is 6.07 Å². The van der Waals surface area contributed by atoms with E-state index >= 15 is 0 Å². The lowest BCUT2D eigenvalue weighted by Gasteiger charge is -2.06. The highest BCUT2D eigenvalue weighted by atomic mass is 19.2. The van der Waals surface area contributed by atoms with Crippen molar-refractivity contribution >= 4 is 5.97 Å². The molecular formula is C8H6F3NO3. The van der Waals surface area contributed by atoms with Crippen molar-refractivity contribution in [2.45, 2.75) is 6.61 Å².